The summed E-state index contributed by atoms with van der Waals surface area (Å²) in [5, 5.41) is 0. The average molecular weight is 351 g/mol. The van der Waals surface area contributed by atoms with Crippen molar-refractivity contribution in [2.24, 2.45) is 0 Å². The normalized spacial score (nSPS) is 13.2. The number of benzene rings is 1. The van der Waals surface area contributed by atoms with Crippen molar-refractivity contribution in [3.63, 3.8) is 0 Å². The lowest BCUT2D eigenvalue weighted by molar-refractivity contribution is 0.420. The number of nitrogens with two attached hydrogens (primary N) is 1. The van der Waals surface area contributed by atoms with Gasteiger partial charge in [0.1, 0.15) is 5.82 Å². The number of aryl methyl sites for hydroxylation is 1. The molecule has 0 saturated heterocycles. The van der Waals surface area contributed by atoms with E-state index in [9.17, 15) is 13.2 Å². The number of nitrogen functional groups attached to an aromatic ring is 1. The molecule has 1 atom stereocenters. The van der Waals surface area contributed by atoms with Gasteiger partial charge in [0, 0.05) is 0 Å². The number of aromatic nitrogens is 2. The van der Waals surface area contributed by atoms with Gasteiger partial charge in [-0.2, -0.15) is 4.09 Å². The Kier molecular flexibility index (Phi) is 5.22. The summed E-state index contributed by atoms with van der Waals surface area (Å²) >= 11 is 0. The smallest absolute Gasteiger partial charge is 0.277 e. The minimum Gasteiger partial charge on any atom is -0.382 e. The minimum absolute atomic E-state index is 0.0147. The van der Waals surface area contributed by atoms with E-state index in [2.05, 4.69) is 0 Å². The second-order valence-electron chi connectivity index (χ2n) is 6.01. The summed E-state index contributed by atoms with van der Waals surface area (Å²) in [5.41, 5.74) is 7.61. The Labute approximate surface area is 142 Å². The van der Waals surface area contributed by atoms with Crippen LogP contribution < -0.4 is 11.3 Å². The fourth-order valence-electron chi connectivity index (χ4n) is 2.95. The SMILES string of the molecule is CCCC(C)n1c(=O)c(-c2ccccc2C)c(N)n1S(=O)(=O)CC. The van der Waals surface area contributed by atoms with Gasteiger partial charge in [0.05, 0.1) is 17.4 Å². The lowest BCUT2D eigenvalue weighted by Crippen LogP contribution is -2.32. The predicted octanol–water partition coefficient (Wildman–Crippen LogP) is 2.77. The van der Waals surface area contributed by atoms with Crippen LogP contribution in [0.15, 0.2) is 29.1 Å². The Morgan fingerprint density at radius 1 is 1.21 bits per heavy atom. The first-order valence-electron chi connectivity index (χ1n) is 8.18. The van der Waals surface area contributed by atoms with Crippen molar-refractivity contribution >= 4 is 15.8 Å². The first kappa shape index (κ1) is 18.3. The number of rotatable bonds is 6. The molecule has 1 unspecified atom stereocenters. The standard InChI is InChI=1S/C17H25N3O3S/c1-5-9-13(4)19-17(21)15(14-11-8-7-10-12(14)3)16(18)20(19)24(22,23)6-2/h7-8,10-11,13H,5-6,9,18H2,1-4H3. The molecule has 2 rings (SSSR count). The van der Waals surface area contributed by atoms with Gasteiger partial charge in [0.25, 0.3) is 15.6 Å². The van der Waals surface area contributed by atoms with E-state index in [0.717, 1.165) is 16.1 Å². The highest BCUT2D eigenvalue weighted by Gasteiger charge is 2.28. The molecule has 0 bridgehead atoms. The van der Waals surface area contributed by atoms with Gasteiger partial charge >= 0.3 is 0 Å². The zero-order valence-electron chi connectivity index (χ0n) is 14.6. The van der Waals surface area contributed by atoms with E-state index in [-0.39, 0.29) is 28.7 Å². The van der Waals surface area contributed by atoms with Crippen molar-refractivity contribution in [1.29, 1.82) is 0 Å². The topological polar surface area (TPSA) is 87.1 Å². The van der Waals surface area contributed by atoms with Gasteiger partial charge < -0.3 is 5.73 Å². The summed E-state index contributed by atoms with van der Waals surface area (Å²) < 4.78 is 27.4. The fourth-order valence-corrected chi connectivity index (χ4v) is 4.09. The molecule has 132 valence electrons. The first-order chi connectivity index (χ1) is 11.3. The first-order valence-corrected chi connectivity index (χ1v) is 9.79. The van der Waals surface area contributed by atoms with Crippen LogP contribution in [0.2, 0.25) is 0 Å². The van der Waals surface area contributed by atoms with Crippen LogP contribution in [0.5, 0.6) is 0 Å². The van der Waals surface area contributed by atoms with Gasteiger partial charge in [-0.1, -0.05) is 37.6 Å². The average Bonchev–Trinajstić information content (AvgIpc) is 2.80. The molecule has 0 aliphatic heterocycles. The predicted molar refractivity (Wildman–Crippen MR) is 97.8 cm³/mol. The second kappa shape index (κ2) is 6.84. The molecular formula is C17H25N3O3S. The highest BCUT2D eigenvalue weighted by Crippen LogP contribution is 2.29. The molecule has 0 radical (unpaired) electrons. The molecule has 0 aliphatic rings. The molecule has 0 saturated carbocycles. The van der Waals surface area contributed by atoms with Gasteiger partial charge in [0.2, 0.25) is 0 Å². The van der Waals surface area contributed by atoms with Gasteiger partial charge in [-0.3, -0.25) is 4.79 Å². The quantitative estimate of drug-likeness (QED) is 0.867. The molecule has 6 nitrogen and oxygen atoms in total. The van der Waals surface area contributed by atoms with Gasteiger partial charge in [-0.25, -0.2) is 13.1 Å². The fraction of sp³-hybridized carbons (Fsp3) is 0.471. The molecule has 0 aliphatic carbocycles. The van der Waals surface area contributed by atoms with Crippen LogP contribution in [-0.2, 0) is 10.0 Å². The molecule has 0 fully saturated rings. The van der Waals surface area contributed by atoms with Crippen LogP contribution in [0.3, 0.4) is 0 Å². The maximum Gasteiger partial charge on any atom is 0.277 e. The van der Waals surface area contributed by atoms with Crippen molar-refractivity contribution in [3.05, 3.63) is 40.2 Å². The summed E-state index contributed by atoms with van der Waals surface area (Å²) in [7, 11) is -3.69. The summed E-state index contributed by atoms with van der Waals surface area (Å²) in [6.45, 7) is 7.25. The maximum atomic E-state index is 13.0. The Bertz CT molecular complexity index is 894. The van der Waals surface area contributed by atoms with Crippen LogP contribution in [0.25, 0.3) is 11.1 Å². The lowest BCUT2D eigenvalue weighted by atomic mass is 10.0. The molecule has 0 spiro atoms. The van der Waals surface area contributed by atoms with E-state index < -0.39 is 10.0 Å². The monoisotopic (exact) mass is 351 g/mol. The van der Waals surface area contributed by atoms with Crippen LogP contribution in [0.4, 0.5) is 5.82 Å². The van der Waals surface area contributed by atoms with Gasteiger partial charge in [-0.15, -0.1) is 0 Å². The highest BCUT2D eigenvalue weighted by molar-refractivity contribution is 7.89. The van der Waals surface area contributed by atoms with E-state index in [1.54, 1.807) is 13.0 Å². The molecule has 0 amide bonds. The third-order valence-electron chi connectivity index (χ3n) is 4.25. The second-order valence-corrected chi connectivity index (χ2v) is 8.09. The van der Waals surface area contributed by atoms with E-state index >= 15 is 0 Å². The number of hydrogen-bond acceptors (Lipinski definition) is 4. The zero-order chi connectivity index (χ0) is 18.1. The third kappa shape index (κ3) is 3.00. The van der Waals surface area contributed by atoms with E-state index in [0.29, 0.717) is 12.0 Å². The van der Waals surface area contributed by atoms with Crippen LogP contribution >= 0.6 is 0 Å². The summed E-state index contributed by atoms with van der Waals surface area (Å²) in [4.78, 5) is 13.0. The van der Waals surface area contributed by atoms with E-state index in [4.69, 9.17) is 5.73 Å². The van der Waals surface area contributed by atoms with Gasteiger partial charge in [0.15, 0.2) is 0 Å². The maximum absolute atomic E-state index is 13.0. The molecule has 2 N–H and O–H groups in total. The third-order valence-corrected chi connectivity index (χ3v) is 5.88. The molecule has 7 heteroatoms. The summed E-state index contributed by atoms with van der Waals surface area (Å²) in [6.07, 6.45) is 1.53. The van der Waals surface area contributed by atoms with Crippen molar-refractivity contribution in [3.8, 4) is 11.1 Å². The largest absolute Gasteiger partial charge is 0.382 e. The molecular weight excluding hydrogens is 326 g/mol. The lowest BCUT2D eigenvalue weighted by Gasteiger charge is -2.17. The molecule has 1 heterocycles. The van der Waals surface area contributed by atoms with Crippen molar-refractivity contribution < 1.29 is 8.42 Å². The van der Waals surface area contributed by atoms with Crippen molar-refractivity contribution in [1.82, 2.24) is 8.77 Å². The van der Waals surface area contributed by atoms with Crippen LogP contribution in [0.1, 0.15) is 45.2 Å². The van der Waals surface area contributed by atoms with E-state index in [1.165, 1.54) is 4.68 Å². The van der Waals surface area contributed by atoms with E-state index in [1.807, 2.05) is 39.0 Å². The minimum atomic E-state index is -3.69. The molecule has 2 aromatic rings. The summed E-state index contributed by atoms with van der Waals surface area (Å²) in [5.74, 6) is -0.142. The Morgan fingerprint density at radius 2 is 1.83 bits per heavy atom. The highest BCUT2D eigenvalue weighted by atomic mass is 32.2. The molecule has 1 aromatic heterocycles. The Hall–Kier alpha value is -2.02. The molecule has 24 heavy (non-hydrogen) atoms. The summed E-state index contributed by atoms with van der Waals surface area (Å²) in [6, 6.07) is 7.09. The molecule has 1 aromatic carbocycles. The van der Waals surface area contributed by atoms with Crippen LogP contribution in [-0.4, -0.2) is 22.9 Å². The number of anilines is 1. The van der Waals surface area contributed by atoms with Crippen molar-refractivity contribution in [2.75, 3.05) is 11.5 Å². The van der Waals surface area contributed by atoms with Crippen LogP contribution in [0, 0.1) is 6.92 Å². The number of hydrogen-bond donors (Lipinski definition) is 1. The Morgan fingerprint density at radius 3 is 2.38 bits per heavy atom. The van der Waals surface area contributed by atoms with Gasteiger partial charge in [-0.05, 0) is 38.3 Å². The number of nitrogens with zero attached hydrogens (tertiary/aromatic N) is 2. The zero-order valence-corrected chi connectivity index (χ0v) is 15.4. The van der Waals surface area contributed by atoms with Crippen molar-refractivity contribution in [2.45, 2.75) is 46.6 Å². The Balaban J connectivity index is 2.88.